The first kappa shape index (κ1) is 27.6. The van der Waals surface area contributed by atoms with E-state index in [1.807, 2.05) is 38.1 Å². The van der Waals surface area contributed by atoms with E-state index in [2.05, 4.69) is 18.8 Å². The first-order valence-corrected chi connectivity index (χ1v) is 13.5. The third-order valence-electron chi connectivity index (χ3n) is 6.81. The van der Waals surface area contributed by atoms with Gasteiger partial charge >= 0.3 is 0 Å². The summed E-state index contributed by atoms with van der Waals surface area (Å²) in [7, 11) is 0. The van der Waals surface area contributed by atoms with E-state index in [0.29, 0.717) is 46.6 Å². The number of carbonyl (C=O) groups is 2. The van der Waals surface area contributed by atoms with Crippen molar-refractivity contribution < 1.29 is 24.2 Å². The van der Waals surface area contributed by atoms with Gasteiger partial charge in [-0.05, 0) is 97.1 Å². The van der Waals surface area contributed by atoms with Gasteiger partial charge in [0.1, 0.15) is 23.0 Å². The van der Waals surface area contributed by atoms with Gasteiger partial charge in [-0.3, -0.25) is 19.5 Å². The standard InChI is InChI=1S/C34H32N2O5/c1-21(2)20-40-29-15-10-24(18-23(29)4)32(37)30-31(25-8-6-16-35-19-25)36(34(39)33(30)38)26-11-13-27(14-12-26)41-28-9-5-7-22(3)17-28/h5-19,21,31,37H,20H2,1-4H3/b32-30-. The Balaban J connectivity index is 1.52. The molecule has 1 unspecified atom stereocenters. The van der Waals surface area contributed by atoms with Gasteiger partial charge in [-0.25, -0.2) is 0 Å². The van der Waals surface area contributed by atoms with E-state index in [-0.39, 0.29) is 11.3 Å². The first-order valence-electron chi connectivity index (χ1n) is 13.5. The Hall–Kier alpha value is -4.91. The van der Waals surface area contributed by atoms with Gasteiger partial charge in [0.05, 0.1) is 18.2 Å². The van der Waals surface area contributed by atoms with Gasteiger partial charge in [-0.1, -0.05) is 32.0 Å². The zero-order valence-electron chi connectivity index (χ0n) is 23.5. The van der Waals surface area contributed by atoms with Crippen LogP contribution in [0.4, 0.5) is 5.69 Å². The molecule has 1 fully saturated rings. The van der Waals surface area contributed by atoms with Gasteiger partial charge in [-0.2, -0.15) is 0 Å². The number of nitrogens with zero attached hydrogens (tertiary/aromatic N) is 2. The highest BCUT2D eigenvalue weighted by atomic mass is 16.5. The number of hydrogen-bond acceptors (Lipinski definition) is 6. The average Bonchev–Trinajstić information content (AvgIpc) is 3.22. The van der Waals surface area contributed by atoms with Crippen molar-refractivity contribution in [1.29, 1.82) is 0 Å². The van der Waals surface area contributed by atoms with Gasteiger partial charge in [0.25, 0.3) is 11.7 Å². The van der Waals surface area contributed by atoms with Crippen molar-refractivity contribution in [3.8, 4) is 17.2 Å². The van der Waals surface area contributed by atoms with E-state index in [1.54, 1.807) is 67.0 Å². The van der Waals surface area contributed by atoms with Crippen molar-refractivity contribution in [2.24, 2.45) is 5.92 Å². The van der Waals surface area contributed by atoms with Gasteiger partial charge in [0.15, 0.2) is 0 Å². The molecule has 1 atom stereocenters. The third-order valence-corrected chi connectivity index (χ3v) is 6.81. The summed E-state index contributed by atoms with van der Waals surface area (Å²) in [6.07, 6.45) is 3.21. The second kappa shape index (κ2) is 11.7. The molecular weight excluding hydrogens is 516 g/mol. The number of carbonyl (C=O) groups excluding carboxylic acids is 2. The second-order valence-electron chi connectivity index (χ2n) is 10.6. The van der Waals surface area contributed by atoms with E-state index in [1.165, 1.54) is 4.90 Å². The van der Waals surface area contributed by atoms with Crippen LogP contribution in [-0.4, -0.2) is 28.4 Å². The highest BCUT2D eigenvalue weighted by Crippen LogP contribution is 2.42. The summed E-state index contributed by atoms with van der Waals surface area (Å²) in [5, 5.41) is 11.5. The fourth-order valence-electron chi connectivity index (χ4n) is 4.81. The summed E-state index contributed by atoms with van der Waals surface area (Å²) in [5.74, 6) is 0.593. The molecule has 0 spiro atoms. The summed E-state index contributed by atoms with van der Waals surface area (Å²) in [5.41, 5.74) is 3.40. The topological polar surface area (TPSA) is 89.0 Å². The van der Waals surface area contributed by atoms with E-state index in [4.69, 9.17) is 9.47 Å². The normalized spacial score (nSPS) is 16.3. The Kier molecular flexibility index (Phi) is 7.88. The van der Waals surface area contributed by atoms with Crippen LogP contribution in [0.1, 0.15) is 42.1 Å². The Morgan fingerprint density at radius 3 is 2.39 bits per heavy atom. The number of amides is 1. The lowest BCUT2D eigenvalue weighted by molar-refractivity contribution is -0.132. The van der Waals surface area contributed by atoms with Crippen molar-refractivity contribution in [1.82, 2.24) is 4.98 Å². The minimum absolute atomic E-state index is 0.00154. The lowest BCUT2D eigenvalue weighted by Crippen LogP contribution is -2.29. The first-order chi connectivity index (χ1) is 19.7. The number of anilines is 1. The maximum atomic E-state index is 13.5. The van der Waals surface area contributed by atoms with Crippen LogP contribution in [0.15, 0.2) is 96.8 Å². The van der Waals surface area contributed by atoms with Crippen LogP contribution in [0.25, 0.3) is 5.76 Å². The number of benzene rings is 3. The molecule has 2 heterocycles. The molecule has 3 aromatic carbocycles. The molecule has 1 amide bonds. The van der Waals surface area contributed by atoms with Gasteiger partial charge < -0.3 is 14.6 Å². The van der Waals surface area contributed by atoms with Crippen molar-refractivity contribution in [3.63, 3.8) is 0 Å². The average molecular weight is 549 g/mol. The quantitative estimate of drug-likeness (QED) is 0.143. The molecule has 1 aromatic heterocycles. The minimum Gasteiger partial charge on any atom is -0.507 e. The number of ketones is 1. The van der Waals surface area contributed by atoms with Crippen LogP contribution in [0.2, 0.25) is 0 Å². The van der Waals surface area contributed by atoms with Crippen molar-refractivity contribution in [2.75, 3.05) is 11.5 Å². The van der Waals surface area contributed by atoms with Crippen LogP contribution in [0, 0.1) is 19.8 Å². The molecule has 0 saturated carbocycles. The van der Waals surface area contributed by atoms with Crippen LogP contribution >= 0.6 is 0 Å². The summed E-state index contributed by atoms with van der Waals surface area (Å²) < 4.78 is 11.8. The SMILES string of the molecule is Cc1cccc(Oc2ccc(N3C(=O)C(=O)/C(=C(\O)c4ccc(OCC(C)C)c(C)c4)C3c3cccnc3)cc2)c1. The summed E-state index contributed by atoms with van der Waals surface area (Å²) in [6, 6.07) is 22.5. The number of aromatic nitrogens is 1. The molecule has 0 bridgehead atoms. The highest BCUT2D eigenvalue weighted by molar-refractivity contribution is 6.51. The summed E-state index contributed by atoms with van der Waals surface area (Å²) >= 11 is 0. The minimum atomic E-state index is -0.871. The smallest absolute Gasteiger partial charge is 0.300 e. The number of pyridine rings is 1. The zero-order chi connectivity index (χ0) is 29.1. The maximum Gasteiger partial charge on any atom is 0.300 e. The van der Waals surface area contributed by atoms with Crippen LogP contribution in [-0.2, 0) is 9.59 Å². The number of Topliss-reactive ketones (excluding diaryl/α,β-unsaturated/α-hetero) is 1. The largest absolute Gasteiger partial charge is 0.507 e. The Bertz CT molecular complexity index is 1610. The number of aryl methyl sites for hydroxylation is 2. The summed E-state index contributed by atoms with van der Waals surface area (Å²) in [6.45, 7) is 8.56. The van der Waals surface area contributed by atoms with E-state index < -0.39 is 17.7 Å². The lowest BCUT2D eigenvalue weighted by Gasteiger charge is -2.25. The fourth-order valence-corrected chi connectivity index (χ4v) is 4.81. The number of rotatable bonds is 8. The molecular formula is C34H32N2O5. The molecule has 7 nitrogen and oxygen atoms in total. The molecule has 41 heavy (non-hydrogen) atoms. The number of ether oxygens (including phenoxy) is 2. The van der Waals surface area contributed by atoms with Crippen LogP contribution < -0.4 is 14.4 Å². The lowest BCUT2D eigenvalue weighted by atomic mass is 9.95. The predicted octanol–water partition coefficient (Wildman–Crippen LogP) is 7.15. The molecule has 1 aliphatic heterocycles. The molecule has 1 saturated heterocycles. The third kappa shape index (κ3) is 5.84. The van der Waals surface area contributed by atoms with Crippen molar-refractivity contribution >= 4 is 23.1 Å². The van der Waals surface area contributed by atoms with Crippen LogP contribution in [0.5, 0.6) is 17.2 Å². The molecule has 5 rings (SSSR count). The summed E-state index contributed by atoms with van der Waals surface area (Å²) in [4.78, 5) is 32.6. The van der Waals surface area contributed by atoms with Crippen molar-refractivity contribution in [3.05, 3.63) is 119 Å². The van der Waals surface area contributed by atoms with Gasteiger partial charge in [0, 0.05) is 23.6 Å². The predicted molar refractivity (Wildman–Crippen MR) is 158 cm³/mol. The van der Waals surface area contributed by atoms with Crippen molar-refractivity contribution in [2.45, 2.75) is 33.7 Å². The Morgan fingerprint density at radius 1 is 0.951 bits per heavy atom. The second-order valence-corrected chi connectivity index (χ2v) is 10.6. The Labute approximate surface area is 239 Å². The van der Waals surface area contributed by atoms with Crippen LogP contribution in [0.3, 0.4) is 0 Å². The van der Waals surface area contributed by atoms with E-state index in [0.717, 1.165) is 11.1 Å². The number of aliphatic hydroxyl groups is 1. The monoisotopic (exact) mass is 548 g/mol. The van der Waals surface area contributed by atoms with E-state index >= 15 is 0 Å². The maximum absolute atomic E-state index is 13.5. The molecule has 0 aliphatic carbocycles. The van der Waals surface area contributed by atoms with Gasteiger partial charge in [-0.15, -0.1) is 0 Å². The van der Waals surface area contributed by atoms with E-state index in [9.17, 15) is 14.7 Å². The highest BCUT2D eigenvalue weighted by Gasteiger charge is 2.47. The molecule has 208 valence electrons. The zero-order valence-corrected chi connectivity index (χ0v) is 23.5. The molecule has 0 radical (unpaired) electrons. The molecule has 7 heteroatoms. The molecule has 1 aliphatic rings. The molecule has 1 N–H and O–H groups in total. The number of hydrogen-bond donors (Lipinski definition) is 1. The molecule has 4 aromatic rings. The number of aliphatic hydroxyl groups excluding tert-OH is 1. The Morgan fingerprint density at radius 2 is 1.73 bits per heavy atom. The fraction of sp³-hybridized carbons (Fsp3) is 0.206. The van der Waals surface area contributed by atoms with Gasteiger partial charge in [0.2, 0.25) is 0 Å².